The van der Waals surface area contributed by atoms with Gasteiger partial charge in [-0.15, -0.1) is 0 Å². The Morgan fingerprint density at radius 2 is 1.92 bits per heavy atom. The van der Waals surface area contributed by atoms with Gasteiger partial charge in [0.15, 0.2) is 0 Å². The first-order valence-corrected chi connectivity index (χ1v) is 8.21. The maximum Gasteiger partial charge on any atom is 0.248 e. The lowest BCUT2D eigenvalue weighted by Gasteiger charge is -2.32. The normalized spacial score (nSPS) is 16.5. The average molecular weight is 325 g/mol. The number of likely N-dealkylation sites (N-methyl/N-ethyl adjacent to an activating group) is 1. The van der Waals surface area contributed by atoms with Crippen molar-refractivity contribution in [3.05, 3.63) is 60.1 Å². The second-order valence-corrected chi connectivity index (χ2v) is 6.11. The van der Waals surface area contributed by atoms with Crippen molar-refractivity contribution >= 4 is 17.7 Å². The van der Waals surface area contributed by atoms with Gasteiger partial charge in [0.2, 0.25) is 5.91 Å². The number of hydrogen-bond donors (Lipinski definition) is 1. The minimum atomic E-state index is -0.168. The Hall–Kier alpha value is -2.37. The van der Waals surface area contributed by atoms with Crippen LogP contribution in [0.25, 0.3) is 6.08 Å². The zero-order chi connectivity index (χ0) is 16.8. The smallest absolute Gasteiger partial charge is 0.248 e. The fourth-order valence-corrected chi connectivity index (χ4v) is 2.69. The predicted octanol–water partition coefficient (Wildman–Crippen LogP) is 2.68. The Morgan fingerprint density at radius 1 is 1.17 bits per heavy atom. The topological polar surface area (TPSA) is 48.7 Å². The molecule has 1 fully saturated rings. The molecule has 1 aromatic heterocycles. The first kappa shape index (κ1) is 16.5. The highest BCUT2D eigenvalue weighted by Gasteiger charge is 2.13. The number of anilines is 1. The summed E-state index contributed by atoms with van der Waals surface area (Å²) in [7, 11) is 2.16. The molecule has 0 bridgehead atoms. The van der Waals surface area contributed by atoms with Gasteiger partial charge in [0, 0.05) is 44.5 Å². The Labute approximate surface area is 142 Å². The summed E-state index contributed by atoms with van der Waals surface area (Å²) in [6.45, 7) is 5.41. The van der Waals surface area contributed by atoms with Crippen LogP contribution < -0.4 is 5.32 Å². The standard InChI is InChI=1S/C19H23N3O2/c1-21-10-12-22(13-11-21)15-16-4-6-17(7-5-16)20-19(23)9-8-18-3-2-14-24-18/h2-9,14H,10-13,15H2,1H3,(H,20,23)/b9-8+. The van der Waals surface area contributed by atoms with E-state index in [0.717, 1.165) is 38.4 Å². The van der Waals surface area contributed by atoms with E-state index in [2.05, 4.69) is 34.3 Å². The number of piperazine rings is 1. The number of nitrogens with one attached hydrogen (secondary N) is 1. The van der Waals surface area contributed by atoms with Crippen molar-refractivity contribution in [2.24, 2.45) is 0 Å². The molecule has 24 heavy (non-hydrogen) atoms. The van der Waals surface area contributed by atoms with Crippen molar-refractivity contribution in [2.45, 2.75) is 6.54 Å². The summed E-state index contributed by atoms with van der Waals surface area (Å²) in [4.78, 5) is 16.7. The number of rotatable bonds is 5. The van der Waals surface area contributed by atoms with Crippen molar-refractivity contribution in [1.82, 2.24) is 9.80 Å². The van der Waals surface area contributed by atoms with Gasteiger partial charge in [0.05, 0.1) is 6.26 Å². The number of carbonyl (C=O) groups is 1. The monoisotopic (exact) mass is 325 g/mol. The number of hydrogen-bond acceptors (Lipinski definition) is 4. The second kappa shape index (κ2) is 7.95. The third-order valence-corrected chi connectivity index (χ3v) is 4.17. The zero-order valence-corrected chi connectivity index (χ0v) is 13.9. The summed E-state index contributed by atoms with van der Waals surface area (Å²) in [6, 6.07) is 11.6. The summed E-state index contributed by atoms with van der Waals surface area (Å²) in [5.41, 5.74) is 2.06. The van der Waals surface area contributed by atoms with Crippen LogP contribution in [0.3, 0.4) is 0 Å². The highest BCUT2D eigenvalue weighted by molar-refractivity contribution is 6.01. The van der Waals surface area contributed by atoms with Crippen molar-refractivity contribution < 1.29 is 9.21 Å². The average Bonchev–Trinajstić information content (AvgIpc) is 3.10. The molecule has 1 aliphatic rings. The molecule has 0 radical (unpaired) electrons. The van der Waals surface area contributed by atoms with Crippen molar-refractivity contribution in [3.63, 3.8) is 0 Å². The minimum absolute atomic E-state index is 0.168. The van der Waals surface area contributed by atoms with Gasteiger partial charge in [-0.05, 0) is 43.0 Å². The van der Waals surface area contributed by atoms with E-state index < -0.39 is 0 Å². The van der Waals surface area contributed by atoms with Crippen LogP contribution in [0.1, 0.15) is 11.3 Å². The van der Waals surface area contributed by atoms with Gasteiger partial charge in [-0.2, -0.15) is 0 Å². The molecular weight excluding hydrogens is 302 g/mol. The number of nitrogens with zero attached hydrogens (tertiary/aromatic N) is 2. The minimum Gasteiger partial charge on any atom is -0.465 e. The summed E-state index contributed by atoms with van der Waals surface area (Å²) in [6.07, 6.45) is 4.70. The predicted molar refractivity (Wildman–Crippen MR) is 95.6 cm³/mol. The van der Waals surface area contributed by atoms with Crippen LogP contribution in [0.2, 0.25) is 0 Å². The highest BCUT2D eigenvalue weighted by atomic mass is 16.3. The highest BCUT2D eigenvalue weighted by Crippen LogP contribution is 2.13. The summed E-state index contributed by atoms with van der Waals surface area (Å²) in [5, 5.41) is 2.85. The van der Waals surface area contributed by atoms with Gasteiger partial charge >= 0.3 is 0 Å². The molecule has 1 amide bonds. The molecule has 5 heteroatoms. The molecule has 0 spiro atoms. The van der Waals surface area contributed by atoms with Gasteiger partial charge < -0.3 is 14.6 Å². The van der Waals surface area contributed by atoms with Gasteiger partial charge in [-0.25, -0.2) is 0 Å². The lowest BCUT2D eigenvalue weighted by atomic mass is 10.2. The molecule has 0 aliphatic carbocycles. The van der Waals surface area contributed by atoms with E-state index in [1.807, 2.05) is 12.1 Å². The Balaban J connectivity index is 1.50. The van der Waals surface area contributed by atoms with Crippen LogP contribution in [0, 0.1) is 0 Å². The fraction of sp³-hybridized carbons (Fsp3) is 0.316. The molecule has 5 nitrogen and oxygen atoms in total. The zero-order valence-electron chi connectivity index (χ0n) is 13.9. The molecule has 2 aromatic rings. The van der Waals surface area contributed by atoms with Crippen LogP contribution in [0.15, 0.2) is 53.2 Å². The number of carbonyl (C=O) groups excluding carboxylic acids is 1. The van der Waals surface area contributed by atoms with Crippen molar-refractivity contribution in [1.29, 1.82) is 0 Å². The molecule has 1 aromatic carbocycles. The van der Waals surface area contributed by atoms with E-state index in [9.17, 15) is 4.79 Å². The van der Waals surface area contributed by atoms with E-state index in [1.165, 1.54) is 11.6 Å². The Kier molecular flexibility index (Phi) is 5.46. The van der Waals surface area contributed by atoms with Gasteiger partial charge in [-0.1, -0.05) is 12.1 Å². The third-order valence-electron chi connectivity index (χ3n) is 4.17. The molecule has 126 valence electrons. The second-order valence-electron chi connectivity index (χ2n) is 6.11. The van der Waals surface area contributed by atoms with Gasteiger partial charge in [-0.3, -0.25) is 9.69 Å². The van der Waals surface area contributed by atoms with Crippen molar-refractivity contribution in [3.8, 4) is 0 Å². The first-order chi connectivity index (χ1) is 11.7. The van der Waals surface area contributed by atoms with Crippen molar-refractivity contribution in [2.75, 3.05) is 38.5 Å². The van der Waals surface area contributed by atoms with Crippen LogP contribution >= 0.6 is 0 Å². The molecule has 0 saturated carbocycles. The largest absolute Gasteiger partial charge is 0.465 e. The molecule has 0 unspecified atom stereocenters. The van der Waals surface area contributed by atoms with E-state index in [4.69, 9.17) is 4.42 Å². The van der Waals surface area contributed by atoms with E-state index in [-0.39, 0.29) is 5.91 Å². The SMILES string of the molecule is CN1CCN(Cc2ccc(NC(=O)/C=C/c3ccco3)cc2)CC1. The molecule has 2 heterocycles. The Bertz CT molecular complexity index is 669. The Morgan fingerprint density at radius 3 is 2.58 bits per heavy atom. The lowest BCUT2D eigenvalue weighted by Crippen LogP contribution is -2.43. The van der Waals surface area contributed by atoms with Crippen LogP contribution in [0.5, 0.6) is 0 Å². The number of amides is 1. The first-order valence-electron chi connectivity index (χ1n) is 8.21. The molecule has 1 saturated heterocycles. The molecule has 0 atom stereocenters. The van der Waals surface area contributed by atoms with E-state index in [1.54, 1.807) is 24.5 Å². The van der Waals surface area contributed by atoms with E-state index >= 15 is 0 Å². The van der Waals surface area contributed by atoms with Crippen LogP contribution in [0.4, 0.5) is 5.69 Å². The maximum atomic E-state index is 11.9. The van der Waals surface area contributed by atoms with Crippen LogP contribution in [-0.2, 0) is 11.3 Å². The molecular formula is C19H23N3O2. The number of benzene rings is 1. The lowest BCUT2D eigenvalue weighted by molar-refractivity contribution is -0.111. The maximum absolute atomic E-state index is 11.9. The van der Waals surface area contributed by atoms with Gasteiger partial charge in [0.25, 0.3) is 0 Å². The quantitative estimate of drug-likeness (QED) is 0.859. The third kappa shape index (κ3) is 4.81. The van der Waals surface area contributed by atoms with Crippen LogP contribution in [-0.4, -0.2) is 48.9 Å². The molecule has 1 N–H and O–H groups in total. The summed E-state index contributed by atoms with van der Waals surface area (Å²) >= 11 is 0. The fourth-order valence-electron chi connectivity index (χ4n) is 2.69. The van der Waals surface area contributed by atoms with E-state index in [0.29, 0.717) is 5.76 Å². The molecule has 3 rings (SSSR count). The van der Waals surface area contributed by atoms with Gasteiger partial charge in [0.1, 0.15) is 5.76 Å². The molecule has 1 aliphatic heterocycles. The number of furan rings is 1. The summed E-state index contributed by atoms with van der Waals surface area (Å²) < 4.78 is 5.15. The summed E-state index contributed by atoms with van der Waals surface area (Å²) in [5.74, 6) is 0.492.